The summed E-state index contributed by atoms with van der Waals surface area (Å²) in [6.45, 7) is 6.58. The number of rotatable bonds is 5. The van der Waals surface area contributed by atoms with Gasteiger partial charge in [-0.2, -0.15) is 0 Å². The summed E-state index contributed by atoms with van der Waals surface area (Å²) < 4.78 is 18.4. The Balaban J connectivity index is 2.01. The normalized spacial score (nSPS) is 11.2. The molecule has 0 bridgehead atoms. The number of nitrogens with zero attached hydrogens (tertiary/aromatic N) is 2. The molecule has 0 aliphatic carbocycles. The maximum absolute atomic E-state index is 13.2. The average molecular weight is 341 g/mol. The van der Waals surface area contributed by atoms with Crippen LogP contribution in [0.3, 0.4) is 0 Å². The molecule has 25 heavy (non-hydrogen) atoms. The van der Waals surface area contributed by atoms with Gasteiger partial charge in [-0.05, 0) is 49.6 Å². The highest BCUT2D eigenvalue weighted by atomic mass is 19.1. The highest BCUT2D eigenvalue weighted by molar-refractivity contribution is 6.06. The fourth-order valence-electron chi connectivity index (χ4n) is 2.61. The van der Waals surface area contributed by atoms with Crippen LogP contribution in [-0.4, -0.2) is 22.6 Å². The molecule has 2 aromatic heterocycles. The van der Waals surface area contributed by atoms with Gasteiger partial charge in [0.05, 0.1) is 22.3 Å². The first-order chi connectivity index (χ1) is 12.0. The number of carbonyl (C=O) groups excluding carboxylic acids is 1. The number of carbonyl (C=O) groups is 1. The summed E-state index contributed by atoms with van der Waals surface area (Å²) in [5.74, 6) is -0.0143. The average Bonchev–Trinajstić information content (AvgIpc) is 2.95. The van der Waals surface area contributed by atoms with Gasteiger partial charge in [0.25, 0.3) is 11.6 Å². The Labute approximate surface area is 145 Å². The van der Waals surface area contributed by atoms with Gasteiger partial charge in [-0.25, -0.2) is 9.37 Å². The topological polar surface area (TPSA) is 68.0 Å². The van der Waals surface area contributed by atoms with Gasteiger partial charge in [-0.3, -0.25) is 4.79 Å². The summed E-state index contributed by atoms with van der Waals surface area (Å²) in [6, 6.07) is 7.65. The predicted octanol–water partition coefficient (Wildman–Crippen LogP) is 4.11. The highest BCUT2D eigenvalue weighted by Gasteiger charge is 2.19. The molecule has 1 N–H and O–H groups in total. The smallest absolute Gasteiger partial charge is 0.259 e. The lowest BCUT2D eigenvalue weighted by Crippen LogP contribution is -2.25. The second kappa shape index (κ2) is 7.01. The Morgan fingerprint density at radius 2 is 2.00 bits per heavy atom. The number of benzene rings is 1. The van der Waals surface area contributed by atoms with E-state index >= 15 is 0 Å². The van der Waals surface area contributed by atoms with Gasteiger partial charge < -0.3 is 9.84 Å². The first-order valence-corrected chi connectivity index (χ1v) is 8.27. The van der Waals surface area contributed by atoms with Crippen molar-refractivity contribution in [2.75, 3.05) is 6.54 Å². The molecule has 0 unspecified atom stereocenters. The Morgan fingerprint density at radius 3 is 2.68 bits per heavy atom. The van der Waals surface area contributed by atoms with E-state index in [1.165, 1.54) is 12.1 Å². The second-order valence-corrected chi connectivity index (χ2v) is 6.45. The lowest BCUT2D eigenvalue weighted by molar-refractivity contribution is 0.0953. The van der Waals surface area contributed by atoms with Gasteiger partial charge in [0.2, 0.25) is 0 Å². The van der Waals surface area contributed by atoms with E-state index in [0.29, 0.717) is 46.1 Å². The van der Waals surface area contributed by atoms with Crippen LogP contribution in [0.25, 0.3) is 22.4 Å². The molecule has 2 heterocycles. The number of pyridine rings is 1. The number of nitrogens with one attached hydrogen (secondary N) is 1. The van der Waals surface area contributed by atoms with Crippen molar-refractivity contribution in [1.82, 2.24) is 15.5 Å². The minimum Gasteiger partial charge on any atom is -0.352 e. The van der Waals surface area contributed by atoms with Crippen LogP contribution in [0, 0.1) is 18.7 Å². The van der Waals surface area contributed by atoms with Crippen LogP contribution in [0.5, 0.6) is 0 Å². The number of aryl methyl sites for hydroxylation is 1. The Morgan fingerprint density at radius 1 is 1.28 bits per heavy atom. The van der Waals surface area contributed by atoms with Crippen molar-refractivity contribution in [3.05, 3.63) is 47.4 Å². The number of fused-ring (bicyclic) bond motifs is 1. The standard InChI is InChI=1S/C19H20FN3O2/c1-11(2)8-9-21-18(24)15-10-16(13-4-6-14(20)7-5-13)22-19-17(15)12(3)23-25-19/h4-7,10-11H,8-9H2,1-3H3,(H,21,24). The largest absolute Gasteiger partial charge is 0.352 e. The maximum atomic E-state index is 13.2. The molecule has 1 amide bonds. The molecule has 6 heteroatoms. The van der Waals surface area contributed by atoms with Gasteiger partial charge in [-0.15, -0.1) is 0 Å². The van der Waals surface area contributed by atoms with Crippen molar-refractivity contribution in [3.8, 4) is 11.3 Å². The molecule has 0 radical (unpaired) electrons. The molecule has 0 fully saturated rings. The van der Waals surface area contributed by atoms with E-state index in [9.17, 15) is 9.18 Å². The molecular weight excluding hydrogens is 321 g/mol. The van der Waals surface area contributed by atoms with Gasteiger partial charge >= 0.3 is 0 Å². The molecule has 0 aliphatic heterocycles. The Kier molecular flexibility index (Phi) is 4.79. The SMILES string of the molecule is Cc1noc2nc(-c3ccc(F)cc3)cc(C(=O)NCCC(C)C)c12. The van der Waals surface area contributed by atoms with E-state index in [1.807, 2.05) is 0 Å². The zero-order valence-electron chi connectivity index (χ0n) is 14.5. The molecule has 3 rings (SSSR count). The zero-order valence-corrected chi connectivity index (χ0v) is 14.5. The minimum atomic E-state index is -0.327. The lowest BCUT2D eigenvalue weighted by atomic mass is 10.0. The molecular formula is C19H20FN3O2. The first kappa shape index (κ1) is 17.1. The summed E-state index contributed by atoms with van der Waals surface area (Å²) in [4.78, 5) is 17.1. The van der Waals surface area contributed by atoms with Crippen molar-refractivity contribution >= 4 is 17.0 Å². The highest BCUT2D eigenvalue weighted by Crippen LogP contribution is 2.27. The van der Waals surface area contributed by atoms with Crippen LogP contribution >= 0.6 is 0 Å². The molecule has 3 aromatic rings. The van der Waals surface area contributed by atoms with Crippen LogP contribution in [0.15, 0.2) is 34.9 Å². The number of halogens is 1. The van der Waals surface area contributed by atoms with E-state index in [1.54, 1.807) is 25.1 Å². The summed E-state index contributed by atoms with van der Waals surface area (Å²) in [5.41, 5.74) is 2.62. The van der Waals surface area contributed by atoms with Crippen molar-refractivity contribution in [3.63, 3.8) is 0 Å². The van der Waals surface area contributed by atoms with Crippen molar-refractivity contribution in [2.24, 2.45) is 5.92 Å². The quantitative estimate of drug-likeness (QED) is 0.758. The third-order valence-electron chi connectivity index (χ3n) is 4.01. The van der Waals surface area contributed by atoms with Crippen LogP contribution in [-0.2, 0) is 0 Å². The predicted molar refractivity (Wildman–Crippen MR) is 93.7 cm³/mol. The van der Waals surface area contributed by atoms with Crippen LogP contribution in [0.4, 0.5) is 4.39 Å². The van der Waals surface area contributed by atoms with Gasteiger partial charge in [-0.1, -0.05) is 19.0 Å². The fourth-order valence-corrected chi connectivity index (χ4v) is 2.61. The van der Waals surface area contributed by atoms with E-state index in [4.69, 9.17) is 4.52 Å². The molecule has 0 aliphatic rings. The van der Waals surface area contributed by atoms with Gasteiger partial charge in [0.15, 0.2) is 0 Å². The van der Waals surface area contributed by atoms with E-state index in [2.05, 4.69) is 29.3 Å². The molecule has 5 nitrogen and oxygen atoms in total. The van der Waals surface area contributed by atoms with E-state index < -0.39 is 0 Å². The third kappa shape index (κ3) is 3.68. The molecule has 0 saturated heterocycles. The summed E-state index contributed by atoms with van der Waals surface area (Å²) in [5, 5.41) is 7.45. The molecule has 0 atom stereocenters. The summed E-state index contributed by atoms with van der Waals surface area (Å²) >= 11 is 0. The van der Waals surface area contributed by atoms with Gasteiger partial charge in [0, 0.05) is 12.1 Å². The summed E-state index contributed by atoms with van der Waals surface area (Å²) in [7, 11) is 0. The Hall–Kier alpha value is -2.76. The van der Waals surface area contributed by atoms with Crippen molar-refractivity contribution in [1.29, 1.82) is 0 Å². The number of hydrogen-bond acceptors (Lipinski definition) is 4. The second-order valence-electron chi connectivity index (χ2n) is 6.45. The minimum absolute atomic E-state index is 0.192. The van der Waals surface area contributed by atoms with Crippen LogP contribution < -0.4 is 5.32 Å². The molecule has 0 spiro atoms. The monoisotopic (exact) mass is 341 g/mol. The van der Waals surface area contributed by atoms with Crippen molar-refractivity contribution < 1.29 is 13.7 Å². The third-order valence-corrected chi connectivity index (χ3v) is 4.01. The van der Waals surface area contributed by atoms with Crippen molar-refractivity contribution in [2.45, 2.75) is 27.2 Å². The van der Waals surface area contributed by atoms with E-state index in [-0.39, 0.29) is 11.7 Å². The molecule has 130 valence electrons. The fraction of sp³-hybridized carbons (Fsp3) is 0.316. The molecule has 1 aromatic carbocycles. The maximum Gasteiger partial charge on any atom is 0.259 e. The lowest BCUT2D eigenvalue weighted by Gasteiger charge is -2.09. The zero-order chi connectivity index (χ0) is 18.0. The summed E-state index contributed by atoms with van der Waals surface area (Å²) in [6.07, 6.45) is 0.896. The Bertz CT molecular complexity index is 901. The molecule has 0 saturated carbocycles. The number of aromatic nitrogens is 2. The number of amides is 1. The number of hydrogen-bond donors (Lipinski definition) is 1. The van der Waals surface area contributed by atoms with E-state index in [0.717, 1.165) is 6.42 Å². The van der Waals surface area contributed by atoms with Crippen LogP contribution in [0.2, 0.25) is 0 Å². The van der Waals surface area contributed by atoms with Crippen LogP contribution in [0.1, 0.15) is 36.3 Å². The first-order valence-electron chi connectivity index (χ1n) is 8.27. The van der Waals surface area contributed by atoms with Gasteiger partial charge in [0.1, 0.15) is 5.82 Å².